The Labute approximate surface area is 50.0 Å². The van der Waals surface area contributed by atoms with E-state index in [0.29, 0.717) is 0 Å². The molecule has 0 aliphatic rings. The average molecular weight is 116 g/mol. The Morgan fingerprint density at radius 3 is 2.43 bits per heavy atom. The highest BCUT2D eigenvalue weighted by atomic mass is 32.2. The second kappa shape index (κ2) is 4.25. The van der Waals surface area contributed by atoms with Crippen LogP contribution in [0, 0.1) is 0 Å². The van der Waals surface area contributed by atoms with E-state index in [2.05, 4.69) is 19.8 Å². The third-order valence-electron chi connectivity index (χ3n) is 0.848. The molecule has 0 aliphatic carbocycles. The van der Waals surface area contributed by atoms with Crippen molar-refractivity contribution in [2.45, 2.75) is 13.3 Å². The lowest BCUT2D eigenvalue weighted by atomic mass is 10.3. The summed E-state index contributed by atoms with van der Waals surface area (Å²) in [6.07, 6.45) is 3.22. The molecule has 0 bridgehead atoms. The summed E-state index contributed by atoms with van der Waals surface area (Å²) in [5.74, 6) is 1.12. The van der Waals surface area contributed by atoms with Gasteiger partial charge in [-0.2, -0.15) is 11.8 Å². The SMILES string of the molecule is C=C(CC)CSC. The molecule has 1 heteroatoms. The first kappa shape index (κ1) is 7.09. The van der Waals surface area contributed by atoms with Crippen molar-refractivity contribution in [2.75, 3.05) is 12.0 Å². The Balaban J connectivity index is 3.00. The van der Waals surface area contributed by atoms with Gasteiger partial charge in [0.1, 0.15) is 0 Å². The van der Waals surface area contributed by atoms with E-state index in [-0.39, 0.29) is 0 Å². The van der Waals surface area contributed by atoms with E-state index in [1.165, 1.54) is 5.57 Å². The monoisotopic (exact) mass is 116 g/mol. The summed E-state index contributed by atoms with van der Waals surface area (Å²) in [6, 6.07) is 0. The van der Waals surface area contributed by atoms with Crippen molar-refractivity contribution in [1.82, 2.24) is 0 Å². The first-order valence-electron chi connectivity index (χ1n) is 2.46. The fraction of sp³-hybridized carbons (Fsp3) is 0.667. The van der Waals surface area contributed by atoms with Gasteiger partial charge in [-0.3, -0.25) is 0 Å². The lowest BCUT2D eigenvalue weighted by Crippen LogP contribution is -1.78. The Bertz CT molecular complexity index is 57.2. The van der Waals surface area contributed by atoms with Gasteiger partial charge in [0.25, 0.3) is 0 Å². The van der Waals surface area contributed by atoms with Crippen molar-refractivity contribution in [1.29, 1.82) is 0 Å². The van der Waals surface area contributed by atoms with Crippen molar-refractivity contribution >= 4 is 11.8 Å². The maximum atomic E-state index is 3.84. The quantitative estimate of drug-likeness (QED) is 0.510. The zero-order chi connectivity index (χ0) is 5.70. The van der Waals surface area contributed by atoms with Crippen LogP contribution in [0.25, 0.3) is 0 Å². The van der Waals surface area contributed by atoms with E-state index in [1.54, 1.807) is 0 Å². The normalized spacial score (nSPS) is 8.86. The largest absolute Gasteiger partial charge is 0.161 e. The summed E-state index contributed by atoms with van der Waals surface area (Å²) >= 11 is 1.83. The molecule has 0 atom stereocenters. The second-order valence-corrected chi connectivity index (χ2v) is 2.40. The van der Waals surface area contributed by atoms with E-state index in [0.717, 1.165) is 12.2 Å². The fourth-order valence-electron chi connectivity index (χ4n) is 0.306. The molecule has 0 fully saturated rings. The molecule has 0 saturated carbocycles. The van der Waals surface area contributed by atoms with Gasteiger partial charge in [0.15, 0.2) is 0 Å². The zero-order valence-electron chi connectivity index (χ0n) is 5.03. The molecule has 0 aromatic heterocycles. The molecule has 0 radical (unpaired) electrons. The average Bonchev–Trinajstić information content (AvgIpc) is 1.68. The lowest BCUT2D eigenvalue weighted by molar-refractivity contribution is 1.12. The molecule has 0 heterocycles. The van der Waals surface area contributed by atoms with Gasteiger partial charge in [-0.05, 0) is 12.7 Å². The molecule has 42 valence electrons. The van der Waals surface area contributed by atoms with Crippen LogP contribution in [0.15, 0.2) is 12.2 Å². The molecule has 0 spiro atoms. The summed E-state index contributed by atoms with van der Waals surface area (Å²) < 4.78 is 0. The van der Waals surface area contributed by atoms with Gasteiger partial charge >= 0.3 is 0 Å². The smallest absolute Gasteiger partial charge is 0.0137 e. The summed E-state index contributed by atoms with van der Waals surface area (Å²) in [6.45, 7) is 5.98. The minimum absolute atomic E-state index is 1.12. The third-order valence-corrected chi connectivity index (χ3v) is 1.55. The number of hydrogen-bond acceptors (Lipinski definition) is 1. The van der Waals surface area contributed by atoms with Gasteiger partial charge in [0, 0.05) is 5.75 Å². The van der Waals surface area contributed by atoms with Crippen LogP contribution < -0.4 is 0 Å². The molecule has 0 aromatic rings. The Hall–Kier alpha value is 0.0900. The van der Waals surface area contributed by atoms with Crippen LogP contribution in [0.2, 0.25) is 0 Å². The van der Waals surface area contributed by atoms with Crippen molar-refractivity contribution in [3.05, 3.63) is 12.2 Å². The molecule has 0 aromatic carbocycles. The number of rotatable bonds is 3. The Kier molecular flexibility index (Phi) is 4.31. The van der Waals surface area contributed by atoms with Gasteiger partial charge in [-0.1, -0.05) is 19.1 Å². The van der Waals surface area contributed by atoms with E-state index in [9.17, 15) is 0 Å². The van der Waals surface area contributed by atoms with Crippen LogP contribution in [0.1, 0.15) is 13.3 Å². The summed E-state index contributed by atoms with van der Waals surface area (Å²) in [7, 11) is 0. The predicted molar refractivity (Wildman–Crippen MR) is 37.8 cm³/mol. The number of hydrogen-bond donors (Lipinski definition) is 0. The first-order chi connectivity index (χ1) is 3.31. The van der Waals surface area contributed by atoms with E-state index < -0.39 is 0 Å². The maximum Gasteiger partial charge on any atom is 0.0137 e. The lowest BCUT2D eigenvalue weighted by Gasteiger charge is -1.94. The highest BCUT2D eigenvalue weighted by Gasteiger charge is 1.83. The molecule has 0 saturated heterocycles. The molecular weight excluding hydrogens is 104 g/mol. The zero-order valence-corrected chi connectivity index (χ0v) is 5.85. The topological polar surface area (TPSA) is 0 Å². The summed E-state index contributed by atoms with van der Waals surface area (Å²) in [5.41, 5.74) is 1.34. The van der Waals surface area contributed by atoms with Crippen molar-refractivity contribution in [3.63, 3.8) is 0 Å². The summed E-state index contributed by atoms with van der Waals surface area (Å²) in [4.78, 5) is 0. The van der Waals surface area contributed by atoms with Crippen LogP contribution in [0.5, 0.6) is 0 Å². The minimum Gasteiger partial charge on any atom is -0.161 e. The third kappa shape index (κ3) is 3.93. The van der Waals surface area contributed by atoms with Crippen molar-refractivity contribution in [3.8, 4) is 0 Å². The molecule has 0 N–H and O–H groups in total. The molecule has 0 aliphatic heterocycles. The van der Waals surface area contributed by atoms with E-state index in [4.69, 9.17) is 0 Å². The molecular formula is C6H12S. The molecule has 0 nitrogen and oxygen atoms in total. The van der Waals surface area contributed by atoms with Crippen LogP contribution in [0.4, 0.5) is 0 Å². The van der Waals surface area contributed by atoms with Crippen molar-refractivity contribution < 1.29 is 0 Å². The molecule has 7 heavy (non-hydrogen) atoms. The van der Waals surface area contributed by atoms with Crippen molar-refractivity contribution in [2.24, 2.45) is 0 Å². The van der Waals surface area contributed by atoms with E-state index >= 15 is 0 Å². The van der Waals surface area contributed by atoms with Gasteiger partial charge in [0.05, 0.1) is 0 Å². The van der Waals surface area contributed by atoms with Crippen LogP contribution in [0.3, 0.4) is 0 Å². The number of thioether (sulfide) groups is 1. The molecule has 0 rings (SSSR count). The highest BCUT2D eigenvalue weighted by Crippen LogP contribution is 2.03. The van der Waals surface area contributed by atoms with Gasteiger partial charge in [0.2, 0.25) is 0 Å². The fourth-order valence-corrected chi connectivity index (χ4v) is 0.919. The standard InChI is InChI=1S/C6H12S/c1-4-6(2)5-7-3/h2,4-5H2,1,3H3. The highest BCUT2D eigenvalue weighted by molar-refractivity contribution is 7.98. The van der Waals surface area contributed by atoms with Gasteiger partial charge in [-0.15, -0.1) is 0 Å². The second-order valence-electron chi connectivity index (χ2n) is 1.54. The Morgan fingerprint density at radius 2 is 2.29 bits per heavy atom. The maximum absolute atomic E-state index is 3.84. The van der Waals surface area contributed by atoms with Crippen LogP contribution >= 0.6 is 11.8 Å². The van der Waals surface area contributed by atoms with Crippen LogP contribution in [-0.2, 0) is 0 Å². The van der Waals surface area contributed by atoms with Gasteiger partial charge < -0.3 is 0 Å². The summed E-state index contributed by atoms with van der Waals surface area (Å²) in [5, 5.41) is 0. The van der Waals surface area contributed by atoms with Gasteiger partial charge in [-0.25, -0.2) is 0 Å². The molecule has 0 amide bonds. The van der Waals surface area contributed by atoms with Crippen LogP contribution in [-0.4, -0.2) is 12.0 Å². The predicted octanol–water partition coefficient (Wildman–Crippen LogP) is 2.32. The minimum atomic E-state index is 1.12. The Morgan fingerprint density at radius 1 is 1.71 bits per heavy atom. The first-order valence-corrected chi connectivity index (χ1v) is 3.86. The van der Waals surface area contributed by atoms with E-state index in [1.807, 2.05) is 11.8 Å². The molecule has 0 unspecified atom stereocenters.